The summed E-state index contributed by atoms with van der Waals surface area (Å²) >= 11 is 0. The average molecular weight is 232 g/mol. The number of carbonyl (C=O) groups excluding carboxylic acids is 2. The first-order valence-electron chi connectivity index (χ1n) is 5.81. The van der Waals surface area contributed by atoms with Crippen LogP contribution in [-0.2, 0) is 9.59 Å². The summed E-state index contributed by atoms with van der Waals surface area (Å²) in [5.41, 5.74) is 7.14. The molecule has 1 unspecified atom stereocenters. The Morgan fingerprint density at radius 1 is 1.35 bits per heavy atom. The number of hydrogen-bond donors (Lipinski definition) is 1. The monoisotopic (exact) mass is 232 g/mol. The fourth-order valence-corrected chi connectivity index (χ4v) is 2.28. The van der Waals surface area contributed by atoms with Gasteiger partial charge in [0.15, 0.2) is 5.78 Å². The highest BCUT2D eigenvalue weighted by atomic mass is 16.2. The standard InChI is InChI=1S/C13H16N2O2/c1-2-15-12(17)7-6-11(16)13(15)9-4-3-5-10(14)8-9/h3-5,8,13H,2,6-7,14H2,1H3. The number of nitrogens with zero attached hydrogens (tertiary/aromatic N) is 1. The van der Waals surface area contributed by atoms with E-state index in [1.165, 1.54) is 0 Å². The lowest BCUT2D eigenvalue weighted by Crippen LogP contribution is -2.43. The van der Waals surface area contributed by atoms with Crippen molar-refractivity contribution < 1.29 is 9.59 Å². The van der Waals surface area contributed by atoms with Gasteiger partial charge in [-0.05, 0) is 24.6 Å². The van der Waals surface area contributed by atoms with Crippen molar-refractivity contribution in [2.45, 2.75) is 25.8 Å². The second-order valence-corrected chi connectivity index (χ2v) is 4.22. The second-order valence-electron chi connectivity index (χ2n) is 4.22. The van der Waals surface area contributed by atoms with Crippen LogP contribution in [0.3, 0.4) is 0 Å². The van der Waals surface area contributed by atoms with Crippen LogP contribution in [0.15, 0.2) is 24.3 Å². The van der Waals surface area contributed by atoms with Gasteiger partial charge in [0, 0.05) is 25.1 Å². The number of likely N-dealkylation sites (tertiary alicyclic amines) is 1. The van der Waals surface area contributed by atoms with Crippen LogP contribution in [0, 0.1) is 0 Å². The van der Waals surface area contributed by atoms with Gasteiger partial charge < -0.3 is 10.6 Å². The maximum atomic E-state index is 12.0. The zero-order valence-electron chi connectivity index (χ0n) is 9.85. The minimum absolute atomic E-state index is 0.0412. The fraction of sp³-hybridized carbons (Fsp3) is 0.385. The van der Waals surface area contributed by atoms with Crippen molar-refractivity contribution in [3.63, 3.8) is 0 Å². The van der Waals surface area contributed by atoms with Crippen molar-refractivity contribution in [2.24, 2.45) is 0 Å². The van der Waals surface area contributed by atoms with Gasteiger partial charge in [-0.2, -0.15) is 0 Å². The predicted octanol–water partition coefficient (Wildman–Crippen LogP) is 1.52. The second kappa shape index (κ2) is 4.57. The van der Waals surface area contributed by atoms with Gasteiger partial charge in [-0.25, -0.2) is 0 Å². The lowest BCUT2D eigenvalue weighted by atomic mass is 9.93. The number of carbonyl (C=O) groups is 2. The highest BCUT2D eigenvalue weighted by Crippen LogP contribution is 2.29. The molecule has 4 heteroatoms. The average Bonchev–Trinajstić information content (AvgIpc) is 2.31. The number of Topliss-reactive ketones (excluding diaryl/α,β-unsaturated/α-hetero) is 1. The van der Waals surface area contributed by atoms with E-state index in [2.05, 4.69) is 0 Å². The molecule has 0 radical (unpaired) electrons. The zero-order valence-corrected chi connectivity index (χ0v) is 9.85. The van der Waals surface area contributed by atoms with Gasteiger partial charge in [0.2, 0.25) is 5.91 Å². The first-order chi connectivity index (χ1) is 8.13. The Kier molecular flexibility index (Phi) is 3.13. The van der Waals surface area contributed by atoms with Gasteiger partial charge in [0.25, 0.3) is 0 Å². The van der Waals surface area contributed by atoms with Gasteiger partial charge in [-0.15, -0.1) is 0 Å². The highest BCUT2D eigenvalue weighted by Gasteiger charge is 2.34. The fourth-order valence-electron chi connectivity index (χ4n) is 2.28. The molecule has 1 amide bonds. The van der Waals surface area contributed by atoms with Gasteiger partial charge >= 0.3 is 0 Å². The number of nitrogen functional groups attached to an aromatic ring is 1. The minimum Gasteiger partial charge on any atom is -0.399 e. The molecule has 90 valence electrons. The summed E-state index contributed by atoms with van der Waals surface area (Å²) in [7, 11) is 0. The molecule has 0 bridgehead atoms. The van der Waals surface area contributed by atoms with Gasteiger partial charge in [0.05, 0.1) is 0 Å². The third kappa shape index (κ3) is 2.16. The molecular formula is C13H16N2O2. The van der Waals surface area contributed by atoms with Crippen LogP contribution >= 0.6 is 0 Å². The van der Waals surface area contributed by atoms with Crippen molar-refractivity contribution in [2.75, 3.05) is 12.3 Å². The van der Waals surface area contributed by atoms with Crippen LogP contribution in [0.2, 0.25) is 0 Å². The normalized spacial score (nSPS) is 20.8. The van der Waals surface area contributed by atoms with Crippen LogP contribution in [0.4, 0.5) is 5.69 Å². The van der Waals surface area contributed by atoms with E-state index in [4.69, 9.17) is 5.73 Å². The summed E-state index contributed by atoms with van der Waals surface area (Å²) in [6.07, 6.45) is 0.653. The first-order valence-corrected chi connectivity index (χ1v) is 5.81. The van der Waals surface area contributed by atoms with Crippen molar-refractivity contribution in [3.8, 4) is 0 Å². The van der Waals surface area contributed by atoms with E-state index in [1.807, 2.05) is 19.1 Å². The molecule has 1 aliphatic rings. The van der Waals surface area contributed by atoms with Crippen molar-refractivity contribution in [3.05, 3.63) is 29.8 Å². The lowest BCUT2D eigenvalue weighted by molar-refractivity contribution is -0.145. The maximum absolute atomic E-state index is 12.0. The molecule has 1 aromatic rings. The van der Waals surface area contributed by atoms with Gasteiger partial charge in [0.1, 0.15) is 6.04 Å². The molecule has 1 saturated heterocycles. The molecule has 0 saturated carbocycles. The molecule has 2 N–H and O–H groups in total. The van der Waals surface area contributed by atoms with Crippen molar-refractivity contribution >= 4 is 17.4 Å². The Labute approximate surface area is 100 Å². The minimum atomic E-state index is -0.454. The van der Waals surface area contributed by atoms with E-state index in [0.717, 1.165) is 5.56 Å². The molecule has 1 fully saturated rings. The molecular weight excluding hydrogens is 216 g/mol. The largest absolute Gasteiger partial charge is 0.399 e. The number of anilines is 1. The Morgan fingerprint density at radius 2 is 2.12 bits per heavy atom. The van der Waals surface area contributed by atoms with Crippen LogP contribution in [0.25, 0.3) is 0 Å². The van der Waals surface area contributed by atoms with Crippen LogP contribution in [0.5, 0.6) is 0 Å². The number of nitrogens with two attached hydrogens (primary N) is 1. The number of ketones is 1. The number of amides is 1. The Hall–Kier alpha value is -1.84. The predicted molar refractivity (Wildman–Crippen MR) is 65.2 cm³/mol. The molecule has 0 spiro atoms. The summed E-state index contributed by atoms with van der Waals surface area (Å²) in [5.74, 6) is 0.136. The topological polar surface area (TPSA) is 63.4 Å². The first kappa shape index (κ1) is 11.6. The summed E-state index contributed by atoms with van der Waals surface area (Å²) in [4.78, 5) is 25.4. The number of rotatable bonds is 2. The molecule has 0 aliphatic carbocycles. The molecule has 1 heterocycles. The van der Waals surface area contributed by atoms with E-state index in [9.17, 15) is 9.59 Å². The molecule has 1 aliphatic heterocycles. The zero-order chi connectivity index (χ0) is 12.4. The Morgan fingerprint density at radius 3 is 2.76 bits per heavy atom. The molecule has 2 rings (SSSR count). The van der Waals surface area contributed by atoms with Crippen LogP contribution < -0.4 is 5.73 Å². The number of likely N-dealkylation sites (N-methyl/N-ethyl adjacent to an activating group) is 1. The lowest BCUT2D eigenvalue weighted by Gasteiger charge is -2.34. The van der Waals surface area contributed by atoms with E-state index in [1.54, 1.807) is 17.0 Å². The highest BCUT2D eigenvalue weighted by molar-refractivity contribution is 5.96. The Balaban J connectivity index is 2.39. The summed E-state index contributed by atoms with van der Waals surface area (Å²) in [6.45, 7) is 2.43. The molecule has 4 nitrogen and oxygen atoms in total. The third-order valence-electron chi connectivity index (χ3n) is 3.09. The van der Waals surface area contributed by atoms with Crippen molar-refractivity contribution in [1.82, 2.24) is 4.90 Å². The summed E-state index contributed by atoms with van der Waals surface area (Å²) in [6, 6.07) is 6.74. The Bertz CT molecular complexity index is 456. The SMILES string of the molecule is CCN1C(=O)CCC(=O)C1c1cccc(N)c1. The van der Waals surface area contributed by atoms with E-state index in [-0.39, 0.29) is 11.7 Å². The molecule has 1 aromatic carbocycles. The van der Waals surface area contributed by atoms with Crippen LogP contribution in [0.1, 0.15) is 31.4 Å². The van der Waals surface area contributed by atoms with E-state index >= 15 is 0 Å². The van der Waals surface area contributed by atoms with E-state index in [0.29, 0.717) is 25.1 Å². The molecule has 17 heavy (non-hydrogen) atoms. The molecule has 0 aromatic heterocycles. The molecule has 1 atom stereocenters. The van der Waals surface area contributed by atoms with Gasteiger partial charge in [-0.1, -0.05) is 12.1 Å². The number of piperidine rings is 1. The number of benzene rings is 1. The maximum Gasteiger partial charge on any atom is 0.223 e. The quantitative estimate of drug-likeness (QED) is 0.786. The smallest absolute Gasteiger partial charge is 0.223 e. The summed E-state index contributed by atoms with van der Waals surface area (Å²) < 4.78 is 0. The van der Waals surface area contributed by atoms with Crippen LogP contribution in [-0.4, -0.2) is 23.1 Å². The summed E-state index contributed by atoms with van der Waals surface area (Å²) in [5, 5.41) is 0. The van der Waals surface area contributed by atoms with Gasteiger partial charge in [-0.3, -0.25) is 9.59 Å². The van der Waals surface area contributed by atoms with E-state index < -0.39 is 6.04 Å². The number of hydrogen-bond acceptors (Lipinski definition) is 3. The third-order valence-corrected chi connectivity index (χ3v) is 3.09. The van der Waals surface area contributed by atoms with Crippen molar-refractivity contribution in [1.29, 1.82) is 0 Å².